The maximum absolute atomic E-state index is 12.1. The van der Waals surface area contributed by atoms with E-state index in [4.69, 9.17) is 22.1 Å². The van der Waals surface area contributed by atoms with Gasteiger partial charge in [0, 0.05) is 24.1 Å². The number of aryl methyl sites for hydroxylation is 1. The molecule has 0 saturated heterocycles. The molecule has 0 bridgehead atoms. The number of carbonyl (C=O) groups is 2. The van der Waals surface area contributed by atoms with Gasteiger partial charge in [-0.05, 0) is 31.9 Å². The highest BCUT2D eigenvalue weighted by Gasteiger charge is 2.26. The Hall–Kier alpha value is -1.50. The van der Waals surface area contributed by atoms with Crippen LogP contribution in [0.3, 0.4) is 0 Å². The van der Waals surface area contributed by atoms with Crippen molar-refractivity contribution in [2.24, 2.45) is 5.73 Å². The van der Waals surface area contributed by atoms with E-state index in [-0.39, 0.29) is 37.2 Å². The Labute approximate surface area is 160 Å². The van der Waals surface area contributed by atoms with Crippen molar-refractivity contribution < 1.29 is 14.3 Å². The first kappa shape index (κ1) is 23.5. The number of hydrogen-bond donors (Lipinski definition) is 3. The number of anilines is 1. The SMILES string of the molecule is CCCC(C)(N)C(=O)NCCC(=O)Nc1cc(C)c(Cl)cc1OC.Cl. The summed E-state index contributed by atoms with van der Waals surface area (Å²) in [5, 5.41) is 6.02. The second kappa shape index (κ2) is 10.5. The van der Waals surface area contributed by atoms with E-state index in [1.807, 2.05) is 13.8 Å². The molecule has 2 amide bonds. The summed E-state index contributed by atoms with van der Waals surface area (Å²) >= 11 is 6.04. The van der Waals surface area contributed by atoms with Crippen LogP contribution in [-0.2, 0) is 9.59 Å². The van der Waals surface area contributed by atoms with Crippen molar-refractivity contribution >= 4 is 41.5 Å². The molecule has 0 radical (unpaired) electrons. The zero-order valence-corrected chi connectivity index (χ0v) is 16.6. The molecule has 0 spiro atoms. The molecule has 0 fully saturated rings. The summed E-state index contributed by atoms with van der Waals surface area (Å²) in [5.74, 6) is 0.00192. The van der Waals surface area contributed by atoms with Gasteiger partial charge in [-0.3, -0.25) is 9.59 Å². The van der Waals surface area contributed by atoms with Gasteiger partial charge in [0.05, 0.1) is 18.3 Å². The minimum atomic E-state index is -0.915. The summed E-state index contributed by atoms with van der Waals surface area (Å²) in [7, 11) is 1.51. The van der Waals surface area contributed by atoms with Crippen LogP contribution in [0.25, 0.3) is 0 Å². The van der Waals surface area contributed by atoms with E-state index in [1.54, 1.807) is 19.1 Å². The molecule has 0 aromatic heterocycles. The summed E-state index contributed by atoms with van der Waals surface area (Å²) in [5.41, 5.74) is 6.40. The van der Waals surface area contributed by atoms with Gasteiger partial charge in [0.2, 0.25) is 11.8 Å². The smallest absolute Gasteiger partial charge is 0.239 e. The lowest BCUT2D eigenvalue weighted by Gasteiger charge is -2.22. The van der Waals surface area contributed by atoms with Gasteiger partial charge in [0.1, 0.15) is 5.75 Å². The van der Waals surface area contributed by atoms with Crippen molar-refractivity contribution in [1.29, 1.82) is 0 Å². The highest BCUT2D eigenvalue weighted by Crippen LogP contribution is 2.30. The molecule has 1 rings (SSSR count). The molecule has 0 heterocycles. The lowest BCUT2D eigenvalue weighted by Crippen LogP contribution is -2.51. The van der Waals surface area contributed by atoms with E-state index in [0.29, 0.717) is 22.9 Å². The van der Waals surface area contributed by atoms with Gasteiger partial charge >= 0.3 is 0 Å². The molecule has 4 N–H and O–H groups in total. The summed E-state index contributed by atoms with van der Waals surface area (Å²) in [4.78, 5) is 24.0. The summed E-state index contributed by atoms with van der Waals surface area (Å²) in [6.45, 7) is 5.71. The number of nitrogens with two attached hydrogens (primary N) is 1. The number of halogens is 2. The van der Waals surface area contributed by atoms with Gasteiger partial charge in [-0.1, -0.05) is 24.9 Å². The molecular weight excluding hydrogens is 365 g/mol. The quantitative estimate of drug-likeness (QED) is 0.634. The van der Waals surface area contributed by atoms with Crippen molar-refractivity contribution in [3.63, 3.8) is 0 Å². The first-order chi connectivity index (χ1) is 11.2. The van der Waals surface area contributed by atoms with E-state index in [9.17, 15) is 9.59 Å². The lowest BCUT2D eigenvalue weighted by molar-refractivity contribution is -0.126. The molecule has 25 heavy (non-hydrogen) atoms. The van der Waals surface area contributed by atoms with Gasteiger partial charge < -0.3 is 21.1 Å². The average Bonchev–Trinajstić information content (AvgIpc) is 2.50. The average molecular weight is 392 g/mol. The van der Waals surface area contributed by atoms with Gasteiger partial charge in [-0.15, -0.1) is 12.4 Å². The first-order valence-electron chi connectivity index (χ1n) is 7.92. The Bertz CT molecular complexity index is 607. The molecule has 0 saturated carbocycles. The largest absolute Gasteiger partial charge is 0.495 e. The van der Waals surface area contributed by atoms with Gasteiger partial charge in [0.25, 0.3) is 0 Å². The minimum absolute atomic E-state index is 0. The Kier molecular flexibility index (Phi) is 9.85. The number of hydrogen-bond acceptors (Lipinski definition) is 4. The third-order valence-electron chi connectivity index (χ3n) is 3.68. The van der Waals surface area contributed by atoms with E-state index >= 15 is 0 Å². The summed E-state index contributed by atoms with van der Waals surface area (Å²) < 4.78 is 5.21. The van der Waals surface area contributed by atoms with Crippen LogP contribution in [0, 0.1) is 6.92 Å². The van der Waals surface area contributed by atoms with Crippen molar-refractivity contribution in [3.8, 4) is 5.75 Å². The second-order valence-electron chi connectivity index (χ2n) is 6.02. The third kappa shape index (κ3) is 7.10. The second-order valence-corrected chi connectivity index (χ2v) is 6.43. The first-order valence-corrected chi connectivity index (χ1v) is 8.30. The van der Waals surface area contributed by atoms with Crippen LogP contribution in [0.2, 0.25) is 5.02 Å². The Morgan fingerprint density at radius 2 is 2.00 bits per heavy atom. The van der Waals surface area contributed by atoms with Crippen LogP contribution in [-0.4, -0.2) is 31.0 Å². The normalized spacial score (nSPS) is 12.6. The maximum Gasteiger partial charge on any atom is 0.239 e. The molecule has 8 heteroatoms. The van der Waals surface area contributed by atoms with Crippen LogP contribution in [0.5, 0.6) is 5.75 Å². The molecule has 6 nitrogen and oxygen atoms in total. The number of ether oxygens (including phenoxy) is 1. The molecule has 0 aliphatic rings. The van der Waals surface area contributed by atoms with E-state index in [2.05, 4.69) is 10.6 Å². The van der Waals surface area contributed by atoms with Crippen LogP contribution < -0.4 is 21.1 Å². The Balaban J connectivity index is 0.00000576. The molecule has 1 aromatic carbocycles. The molecule has 1 atom stereocenters. The number of carbonyl (C=O) groups excluding carboxylic acids is 2. The number of rotatable bonds is 8. The Morgan fingerprint density at radius 1 is 1.36 bits per heavy atom. The number of benzene rings is 1. The van der Waals surface area contributed by atoms with Crippen LogP contribution in [0.15, 0.2) is 12.1 Å². The van der Waals surface area contributed by atoms with E-state index in [0.717, 1.165) is 12.0 Å². The van der Waals surface area contributed by atoms with Crippen molar-refractivity contribution in [1.82, 2.24) is 5.32 Å². The Morgan fingerprint density at radius 3 is 2.56 bits per heavy atom. The van der Waals surface area contributed by atoms with Crippen molar-refractivity contribution in [2.45, 2.75) is 45.6 Å². The monoisotopic (exact) mass is 391 g/mol. The zero-order chi connectivity index (χ0) is 18.3. The fourth-order valence-corrected chi connectivity index (χ4v) is 2.42. The number of nitrogens with one attached hydrogen (secondary N) is 2. The van der Waals surface area contributed by atoms with Gasteiger partial charge in [-0.25, -0.2) is 0 Å². The molecule has 0 aliphatic heterocycles. The highest BCUT2D eigenvalue weighted by molar-refractivity contribution is 6.31. The lowest BCUT2D eigenvalue weighted by atomic mass is 9.96. The molecule has 0 aliphatic carbocycles. The third-order valence-corrected chi connectivity index (χ3v) is 4.09. The van der Waals surface area contributed by atoms with Crippen LogP contribution in [0.1, 0.15) is 38.7 Å². The fourth-order valence-electron chi connectivity index (χ4n) is 2.27. The zero-order valence-electron chi connectivity index (χ0n) is 15.1. The fraction of sp³-hybridized carbons (Fsp3) is 0.529. The van der Waals surface area contributed by atoms with Gasteiger partial charge in [0.15, 0.2) is 0 Å². The number of methoxy groups -OCH3 is 1. The maximum atomic E-state index is 12.1. The van der Waals surface area contributed by atoms with Crippen LogP contribution in [0.4, 0.5) is 5.69 Å². The van der Waals surface area contributed by atoms with Crippen molar-refractivity contribution in [3.05, 3.63) is 22.7 Å². The summed E-state index contributed by atoms with van der Waals surface area (Å²) in [6.07, 6.45) is 1.54. The molecule has 142 valence electrons. The molecular formula is C17H27Cl2N3O3. The highest BCUT2D eigenvalue weighted by atomic mass is 35.5. The van der Waals surface area contributed by atoms with E-state index < -0.39 is 5.54 Å². The standard InChI is InChI=1S/C17H26ClN3O3.ClH/c1-5-7-17(3,19)16(23)20-8-6-15(22)21-13-9-11(2)12(18)10-14(13)24-4;/h9-10H,5-8,19H2,1-4H3,(H,20,23)(H,21,22);1H. The van der Waals surface area contributed by atoms with E-state index in [1.165, 1.54) is 7.11 Å². The topological polar surface area (TPSA) is 93.5 Å². The number of amides is 2. The van der Waals surface area contributed by atoms with Crippen molar-refractivity contribution in [2.75, 3.05) is 19.0 Å². The molecule has 1 unspecified atom stereocenters. The molecule has 1 aromatic rings. The van der Waals surface area contributed by atoms with Crippen LogP contribution >= 0.6 is 24.0 Å². The minimum Gasteiger partial charge on any atom is -0.495 e. The van der Waals surface area contributed by atoms with Gasteiger partial charge in [-0.2, -0.15) is 0 Å². The summed E-state index contributed by atoms with van der Waals surface area (Å²) in [6, 6.07) is 3.40. The predicted molar refractivity (Wildman–Crippen MR) is 104 cm³/mol. The predicted octanol–water partition coefficient (Wildman–Crippen LogP) is 3.04.